The Labute approximate surface area is 185 Å². The van der Waals surface area contributed by atoms with E-state index in [1.807, 2.05) is 18.3 Å². The molecule has 1 aliphatic heterocycles. The number of ether oxygens (including phenoxy) is 1. The summed E-state index contributed by atoms with van der Waals surface area (Å²) >= 11 is 0. The molecule has 2 N–H and O–H groups in total. The summed E-state index contributed by atoms with van der Waals surface area (Å²) < 4.78 is 48.5. The first-order chi connectivity index (χ1) is 15.4. The Morgan fingerprint density at radius 1 is 1.22 bits per heavy atom. The van der Waals surface area contributed by atoms with Crippen LogP contribution in [-0.2, 0) is 21.3 Å². The van der Waals surface area contributed by atoms with Gasteiger partial charge in [-0.3, -0.25) is 9.67 Å². The van der Waals surface area contributed by atoms with Crippen LogP contribution in [0.4, 0.5) is 4.39 Å². The van der Waals surface area contributed by atoms with Crippen molar-refractivity contribution in [2.45, 2.75) is 49.0 Å². The highest BCUT2D eigenvalue weighted by Gasteiger charge is 2.34. The molecule has 170 valence electrons. The number of sulfonamides is 1. The number of rotatable bonds is 8. The Morgan fingerprint density at radius 3 is 2.75 bits per heavy atom. The van der Waals surface area contributed by atoms with Gasteiger partial charge in [0.25, 0.3) is 0 Å². The zero-order valence-electron chi connectivity index (χ0n) is 17.2. The molecule has 1 aromatic carbocycles. The zero-order valence-corrected chi connectivity index (χ0v) is 18.0. The SMILES string of the molecule is O=S(=O)(N[C@@H]1CC[C@@H](CCn2cc(-c3cccnc3)nn2)O[C@@H]1CO)c1ccc(F)cc1. The molecule has 4 rings (SSSR count). The monoisotopic (exact) mass is 461 g/mol. The van der Waals surface area contributed by atoms with Crippen molar-refractivity contribution in [1.29, 1.82) is 0 Å². The van der Waals surface area contributed by atoms with E-state index >= 15 is 0 Å². The Morgan fingerprint density at radius 2 is 2.03 bits per heavy atom. The van der Waals surface area contributed by atoms with Crippen molar-refractivity contribution < 1.29 is 22.7 Å². The van der Waals surface area contributed by atoms with E-state index in [0.29, 0.717) is 25.8 Å². The van der Waals surface area contributed by atoms with Crippen molar-refractivity contribution in [1.82, 2.24) is 24.7 Å². The number of pyridine rings is 1. The second-order valence-corrected chi connectivity index (χ2v) is 9.35. The largest absolute Gasteiger partial charge is 0.394 e. The Hall–Kier alpha value is -2.73. The first kappa shape index (κ1) is 22.5. The molecule has 3 aromatic rings. The summed E-state index contributed by atoms with van der Waals surface area (Å²) in [5.41, 5.74) is 1.61. The number of hydrogen-bond donors (Lipinski definition) is 2. The van der Waals surface area contributed by atoms with Gasteiger partial charge in [-0.25, -0.2) is 17.5 Å². The summed E-state index contributed by atoms with van der Waals surface area (Å²) in [7, 11) is -3.85. The number of aromatic nitrogens is 4. The summed E-state index contributed by atoms with van der Waals surface area (Å²) in [5.74, 6) is -0.513. The molecule has 11 heteroatoms. The molecule has 2 aromatic heterocycles. The molecule has 0 amide bonds. The van der Waals surface area contributed by atoms with Crippen molar-refractivity contribution in [3.63, 3.8) is 0 Å². The van der Waals surface area contributed by atoms with Gasteiger partial charge < -0.3 is 9.84 Å². The van der Waals surface area contributed by atoms with Gasteiger partial charge in [0.05, 0.1) is 35.9 Å². The molecule has 0 saturated carbocycles. The minimum absolute atomic E-state index is 0.0340. The molecule has 0 spiro atoms. The van der Waals surface area contributed by atoms with E-state index in [0.717, 1.165) is 23.4 Å². The number of aliphatic hydroxyl groups excluding tert-OH is 1. The van der Waals surface area contributed by atoms with Gasteiger partial charge in [0, 0.05) is 24.5 Å². The lowest BCUT2D eigenvalue weighted by Gasteiger charge is -2.36. The molecular weight excluding hydrogens is 437 g/mol. The molecule has 0 bridgehead atoms. The average Bonchev–Trinajstić information content (AvgIpc) is 3.28. The number of hydrogen-bond acceptors (Lipinski definition) is 7. The highest BCUT2D eigenvalue weighted by molar-refractivity contribution is 7.89. The van der Waals surface area contributed by atoms with Gasteiger partial charge in [-0.2, -0.15) is 0 Å². The third kappa shape index (κ3) is 5.36. The van der Waals surface area contributed by atoms with Crippen LogP contribution in [0.3, 0.4) is 0 Å². The summed E-state index contributed by atoms with van der Waals surface area (Å²) in [5, 5.41) is 18.0. The summed E-state index contributed by atoms with van der Waals surface area (Å²) in [6, 6.07) is 7.76. The molecular formula is C21H24FN5O4S. The highest BCUT2D eigenvalue weighted by Crippen LogP contribution is 2.24. The van der Waals surface area contributed by atoms with Crippen LogP contribution in [0.5, 0.6) is 0 Å². The Kier molecular flexibility index (Phi) is 6.89. The first-order valence-electron chi connectivity index (χ1n) is 10.3. The smallest absolute Gasteiger partial charge is 0.240 e. The van der Waals surface area contributed by atoms with Crippen LogP contribution in [0.2, 0.25) is 0 Å². The predicted molar refractivity (Wildman–Crippen MR) is 113 cm³/mol. The molecule has 32 heavy (non-hydrogen) atoms. The number of nitrogens with zero attached hydrogens (tertiary/aromatic N) is 4. The Bertz CT molecular complexity index is 1120. The van der Waals surface area contributed by atoms with Gasteiger partial charge in [-0.15, -0.1) is 5.10 Å². The highest BCUT2D eigenvalue weighted by atomic mass is 32.2. The van der Waals surface area contributed by atoms with Gasteiger partial charge in [-0.05, 0) is 55.7 Å². The second kappa shape index (κ2) is 9.82. The quantitative estimate of drug-likeness (QED) is 0.525. The maximum absolute atomic E-state index is 13.1. The van der Waals surface area contributed by atoms with Crippen molar-refractivity contribution in [2.24, 2.45) is 0 Å². The fourth-order valence-electron chi connectivity index (χ4n) is 3.69. The maximum atomic E-state index is 13.1. The van der Waals surface area contributed by atoms with E-state index < -0.39 is 28.0 Å². The molecule has 0 aliphatic carbocycles. The van der Waals surface area contributed by atoms with E-state index in [4.69, 9.17) is 4.74 Å². The average molecular weight is 462 g/mol. The van der Waals surface area contributed by atoms with Gasteiger partial charge >= 0.3 is 0 Å². The molecule has 1 fully saturated rings. The number of halogens is 1. The van der Waals surface area contributed by atoms with Crippen molar-refractivity contribution >= 4 is 10.0 Å². The van der Waals surface area contributed by atoms with Gasteiger partial charge in [0.1, 0.15) is 11.5 Å². The topological polar surface area (TPSA) is 119 Å². The van der Waals surface area contributed by atoms with Crippen molar-refractivity contribution in [3.8, 4) is 11.3 Å². The number of aliphatic hydroxyl groups is 1. The zero-order chi connectivity index (χ0) is 22.6. The van der Waals surface area contributed by atoms with E-state index in [2.05, 4.69) is 20.0 Å². The van der Waals surface area contributed by atoms with Crippen LogP contribution in [0, 0.1) is 5.82 Å². The molecule has 1 aliphatic rings. The van der Waals surface area contributed by atoms with Crippen molar-refractivity contribution in [2.75, 3.05) is 6.61 Å². The fraction of sp³-hybridized carbons (Fsp3) is 0.381. The van der Waals surface area contributed by atoms with E-state index in [1.54, 1.807) is 17.1 Å². The predicted octanol–water partition coefficient (Wildman–Crippen LogP) is 1.76. The van der Waals surface area contributed by atoms with Crippen LogP contribution < -0.4 is 4.72 Å². The second-order valence-electron chi connectivity index (χ2n) is 7.64. The Balaban J connectivity index is 1.33. The van der Waals surface area contributed by atoms with Crippen LogP contribution >= 0.6 is 0 Å². The lowest BCUT2D eigenvalue weighted by Crippen LogP contribution is -2.50. The van der Waals surface area contributed by atoms with Crippen LogP contribution in [0.15, 0.2) is 59.9 Å². The van der Waals surface area contributed by atoms with E-state index in [-0.39, 0.29) is 17.6 Å². The van der Waals surface area contributed by atoms with E-state index in [1.165, 1.54) is 12.1 Å². The fourth-order valence-corrected chi connectivity index (χ4v) is 4.99. The lowest BCUT2D eigenvalue weighted by molar-refractivity contribution is -0.0891. The van der Waals surface area contributed by atoms with Crippen LogP contribution in [-0.4, -0.2) is 58.4 Å². The molecule has 0 unspecified atom stereocenters. The van der Waals surface area contributed by atoms with Crippen LogP contribution in [0.25, 0.3) is 11.3 Å². The standard InChI is InChI=1S/C21H24FN5O4S/c22-16-3-6-18(7-4-16)32(29,30)25-19-8-5-17(31-21(19)14-28)9-11-27-13-20(24-26-27)15-2-1-10-23-12-15/h1-4,6-7,10,12-13,17,19,21,25,28H,5,8-9,11,14H2/t17-,19+,21+/m0/s1. The number of nitrogens with one attached hydrogen (secondary N) is 1. The summed E-state index contributed by atoms with van der Waals surface area (Å²) in [6.07, 6.45) is 6.20. The normalized spacial score (nSPS) is 21.5. The molecule has 3 heterocycles. The molecule has 9 nitrogen and oxygen atoms in total. The third-order valence-electron chi connectivity index (χ3n) is 5.40. The van der Waals surface area contributed by atoms with Crippen LogP contribution in [0.1, 0.15) is 19.3 Å². The van der Waals surface area contributed by atoms with Gasteiger partial charge in [0.2, 0.25) is 10.0 Å². The number of aryl methyl sites for hydroxylation is 1. The molecule has 1 saturated heterocycles. The van der Waals surface area contributed by atoms with Gasteiger partial charge in [-0.1, -0.05) is 5.21 Å². The molecule has 3 atom stereocenters. The first-order valence-corrected chi connectivity index (χ1v) is 11.8. The lowest BCUT2D eigenvalue weighted by atomic mass is 9.98. The van der Waals surface area contributed by atoms with Gasteiger partial charge in [0.15, 0.2) is 0 Å². The third-order valence-corrected chi connectivity index (χ3v) is 6.91. The minimum atomic E-state index is -3.85. The van der Waals surface area contributed by atoms with Crippen molar-refractivity contribution in [3.05, 3.63) is 60.8 Å². The maximum Gasteiger partial charge on any atom is 0.240 e. The van der Waals surface area contributed by atoms with E-state index in [9.17, 15) is 17.9 Å². The summed E-state index contributed by atoms with van der Waals surface area (Å²) in [4.78, 5) is 4.04. The summed E-state index contributed by atoms with van der Waals surface area (Å²) in [6.45, 7) is 0.254. The minimum Gasteiger partial charge on any atom is -0.394 e. The number of benzene rings is 1. The molecule has 0 radical (unpaired) electrons.